The Labute approximate surface area is 113 Å². The summed E-state index contributed by atoms with van der Waals surface area (Å²) >= 11 is 1.02. The zero-order chi connectivity index (χ0) is 14.2. The third kappa shape index (κ3) is 1.89. The molecule has 1 aromatic rings. The molecule has 0 spiro atoms. The van der Waals surface area contributed by atoms with E-state index in [0.717, 1.165) is 11.3 Å². The van der Waals surface area contributed by atoms with Gasteiger partial charge in [-0.1, -0.05) is 0 Å². The van der Waals surface area contributed by atoms with Crippen LogP contribution in [0.3, 0.4) is 0 Å². The van der Waals surface area contributed by atoms with E-state index in [9.17, 15) is 14.9 Å². The van der Waals surface area contributed by atoms with Crippen LogP contribution < -0.4 is 11.5 Å². The zero-order valence-corrected chi connectivity index (χ0v) is 11.2. The Balaban J connectivity index is 2.55. The summed E-state index contributed by atoms with van der Waals surface area (Å²) in [5.41, 5.74) is 10.6. The second-order valence-corrected chi connectivity index (χ2v) is 5.52. The monoisotopic (exact) mass is 279 g/mol. The molecule has 7 heteroatoms. The van der Waals surface area contributed by atoms with Crippen molar-refractivity contribution in [3.8, 4) is 6.07 Å². The number of carbonyl (C=O) groups excluding carboxylic acids is 2. The first-order chi connectivity index (χ1) is 8.96. The number of anilines is 1. The van der Waals surface area contributed by atoms with E-state index in [4.69, 9.17) is 16.2 Å². The summed E-state index contributed by atoms with van der Waals surface area (Å²) in [7, 11) is 1.44. The molecule has 19 heavy (non-hydrogen) atoms. The topological polar surface area (TPSA) is 119 Å². The molecule has 1 atom stereocenters. The fourth-order valence-electron chi connectivity index (χ4n) is 2.37. The summed E-state index contributed by atoms with van der Waals surface area (Å²) in [5.74, 6) is -0.971. The van der Waals surface area contributed by atoms with Crippen LogP contribution in [0.15, 0.2) is 0 Å². The molecule has 6 nitrogen and oxygen atoms in total. The first-order valence-electron chi connectivity index (χ1n) is 5.63. The molecule has 4 N–H and O–H groups in total. The molecule has 0 saturated carbocycles. The Bertz CT molecular complexity index is 602. The Morgan fingerprint density at radius 3 is 2.84 bits per heavy atom. The maximum absolute atomic E-state index is 12.4. The van der Waals surface area contributed by atoms with Crippen LogP contribution in [-0.2, 0) is 11.2 Å². The lowest BCUT2D eigenvalue weighted by atomic mass is 9.74. The summed E-state index contributed by atoms with van der Waals surface area (Å²) in [5, 5.41) is 9.52. The molecule has 0 bridgehead atoms. The maximum Gasteiger partial charge on any atom is 0.251 e. The fraction of sp³-hybridized carbons (Fsp3) is 0.417. The molecule has 0 saturated heterocycles. The van der Waals surface area contributed by atoms with Gasteiger partial charge in [-0.25, -0.2) is 0 Å². The fourth-order valence-corrected chi connectivity index (χ4v) is 3.53. The van der Waals surface area contributed by atoms with Gasteiger partial charge in [0.1, 0.15) is 5.41 Å². The summed E-state index contributed by atoms with van der Waals surface area (Å²) < 4.78 is 4.98. The zero-order valence-electron chi connectivity index (χ0n) is 10.4. The number of ketones is 1. The van der Waals surface area contributed by atoms with Gasteiger partial charge in [0.05, 0.1) is 28.1 Å². The average molecular weight is 279 g/mol. The van der Waals surface area contributed by atoms with Gasteiger partial charge in [0.25, 0.3) is 5.91 Å². The van der Waals surface area contributed by atoms with Crippen LogP contribution in [0.5, 0.6) is 0 Å². The molecule has 1 amide bonds. The number of rotatable bonds is 3. The third-order valence-corrected chi connectivity index (χ3v) is 4.39. The van der Waals surface area contributed by atoms with Crippen molar-refractivity contribution in [1.82, 2.24) is 0 Å². The van der Waals surface area contributed by atoms with Gasteiger partial charge in [0.2, 0.25) is 0 Å². The predicted octanol–water partition coefficient (Wildman–Crippen LogP) is 0.714. The van der Waals surface area contributed by atoms with Gasteiger partial charge >= 0.3 is 0 Å². The second kappa shape index (κ2) is 4.64. The lowest BCUT2D eigenvalue weighted by Crippen LogP contribution is -2.38. The molecule has 1 heterocycles. The van der Waals surface area contributed by atoms with Crippen LogP contribution in [0.4, 0.5) is 5.00 Å². The van der Waals surface area contributed by atoms with Crippen molar-refractivity contribution in [2.75, 3.05) is 19.5 Å². The highest BCUT2D eigenvalue weighted by Gasteiger charge is 2.45. The van der Waals surface area contributed by atoms with E-state index >= 15 is 0 Å². The number of nitriles is 1. The lowest BCUT2D eigenvalue weighted by Gasteiger charge is -2.28. The number of ether oxygens (including phenoxy) is 1. The van der Waals surface area contributed by atoms with E-state index < -0.39 is 11.3 Å². The van der Waals surface area contributed by atoms with Gasteiger partial charge in [-0.3, -0.25) is 9.59 Å². The van der Waals surface area contributed by atoms with Gasteiger partial charge in [-0.2, -0.15) is 5.26 Å². The van der Waals surface area contributed by atoms with Crippen LogP contribution in [0.2, 0.25) is 0 Å². The highest BCUT2D eigenvalue weighted by atomic mass is 32.1. The highest BCUT2D eigenvalue weighted by molar-refractivity contribution is 7.18. The molecule has 0 radical (unpaired) electrons. The van der Waals surface area contributed by atoms with Crippen molar-refractivity contribution in [3.63, 3.8) is 0 Å². The molecule has 0 aliphatic heterocycles. The minimum atomic E-state index is -1.19. The number of fused-ring (bicyclic) bond motifs is 1. The van der Waals surface area contributed by atoms with Crippen molar-refractivity contribution in [3.05, 3.63) is 16.0 Å². The van der Waals surface area contributed by atoms with Crippen molar-refractivity contribution < 1.29 is 14.3 Å². The van der Waals surface area contributed by atoms with Gasteiger partial charge in [0, 0.05) is 7.11 Å². The summed E-state index contributed by atoms with van der Waals surface area (Å²) in [6.45, 7) is 0.0332. The summed E-state index contributed by atoms with van der Waals surface area (Å²) in [4.78, 5) is 24.2. The average Bonchev–Trinajstić information content (AvgIpc) is 2.70. The number of methoxy groups -OCH3 is 1. The largest absolute Gasteiger partial charge is 0.390 e. The van der Waals surface area contributed by atoms with Crippen LogP contribution in [-0.4, -0.2) is 25.4 Å². The van der Waals surface area contributed by atoms with Crippen molar-refractivity contribution >= 4 is 28.0 Å². The number of hydrogen-bond donors (Lipinski definition) is 2. The smallest absolute Gasteiger partial charge is 0.251 e. The Morgan fingerprint density at radius 1 is 1.63 bits per heavy atom. The van der Waals surface area contributed by atoms with Crippen LogP contribution in [0.25, 0.3) is 0 Å². The molecular formula is C12H13N3O3S. The Hall–Kier alpha value is -1.91. The van der Waals surface area contributed by atoms with E-state index in [2.05, 4.69) is 0 Å². The van der Waals surface area contributed by atoms with Gasteiger partial charge in [-0.15, -0.1) is 11.3 Å². The molecule has 1 unspecified atom stereocenters. The quantitative estimate of drug-likeness (QED) is 0.844. The molecule has 0 fully saturated rings. The lowest BCUT2D eigenvalue weighted by molar-refractivity contribution is 0.0641. The molecular weight excluding hydrogens is 266 g/mol. The van der Waals surface area contributed by atoms with Crippen molar-refractivity contribution in [1.29, 1.82) is 5.26 Å². The number of nitrogens with zero attached hydrogens (tertiary/aromatic N) is 1. The minimum Gasteiger partial charge on any atom is -0.390 e. The van der Waals surface area contributed by atoms with E-state index in [1.54, 1.807) is 0 Å². The number of nitrogens with two attached hydrogens (primary N) is 2. The molecule has 0 aromatic carbocycles. The number of thiophene rings is 1. The number of primary amides is 1. The third-order valence-electron chi connectivity index (χ3n) is 3.33. The van der Waals surface area contributed by atoms with Crippen molar-refractivity contribution in [2.45, 2.75) is 12.8 Å². The molecule has 1 aliphatic carbocycles. The number of nitrogen functional groups attached to an aromatic ring is 1. The van der Waals surface area contributed by atoms with Crippen LogP contribution in [0.1, 0.15) is 32.0 Å². The minimum absolute atomic E-state index is 0.0332. The van der Waals surface area contributed by atoms with Crippen LogP contribution in [0, 0.1) is 16.7 Å². The maximum atomic E-state index is 12.4. The Kier molecular flexibility index (Phi) is 3.30. The number of carbonyl (C=O) groups is 2. The van der Waals surface area contributed by atoms with Gasteiger partial charge in [0.15, 0.2) is 5.78 Å². The highest BCUT2D eigenvalue weighted by Crippen LogP contribution is 2.42. The number of Topliss-reactive ketones (excluding diaryl/α,β-unsaturated/α-hetero) is 1. The van der Waals surface area contributed by atoms with E-state index in [1.807, 2.05) is 6.07 Å². The molecule has 100 valence electrons. The van der Waals surface area contributed by atoms with Gasteiger partial charge in [-0.05, 0) is 18.4 Å². The standard InChI is InChI=1S/C12H13N3O3S/c1-18-5-12(4-13)3-2-6-7(10(14)17)11(15)19-8(6)9(12)16/h2-3,5,15H2,1H3,(H2,14,17). The van der Waals surface area contributed by atoms with E-state index in [-0.39, 0.29) is 23.0 Å². The summed E-state index contributed by atoms with van der Waals surface area (Å²) in [6, 6.07) is 2.04. The van der Waals surface area contributed by atoms with E-state index in [1.165, 1.54) is 7.11 Å². The van der Waals surface area contributed by atoms with E-state index in [0.29, 0.717) is 23.3 Å². The molecule has 1 aliphatic rings. The normalized spacial score (nSPS) is 21.8. The summed E-state index contributed by atoms with van der Waals surface area (Å²) in [6.07, 6.45) is 0.726. The van der Waals surface area contributed by atoms with Gasteiger partial charge < -0.3 is 16.2 Å². The molecule has 2 rings (SSSR count). The van der Waals surface area contributed by atoms with Crippen LogP contribution >= 0.6 is 11.3 Å². The first-order valence-corrected chi connectivity index (χ1v) is 6.44. The SMILES string of the molecule is COCC1(C#N)CCc2c(sc(N)c2C(N)=O)C1=O. The molecule has 1 aromatic heterocycles. The number of amides is 1. The number of hydrogen-bond acceptors (Lipinski definition) is 6. The first kappa shape index (κ1) is 13.5. The second-order valence-electron chi connectivity index (χ2n) is 4.47. The predicted molar refractivity (Wildman–Crippen MR) is 69.8 cm³/mol. The van der Waals surface area contributed by atoms with Crippen molar-refractivity contribution in [2.24, 2.45) is 11.1 Å². The Morgan fingerprint density at radius 2 is 2.32 bits per heavy atom.